The smallest absolute Gasteiger partial charge is 0.339 e. The van der Waals surface area contributed by atoms with Crippen molar-refractivity contribution in [3.8, 4) is 5.75 Å². The second kappa shape index (κ2) is 10.5. The summed E-state index contributed by atoms with van der Waals surface area (Å²) in [6.07, 6.45) is 1.93. The fourth-order valence-corrected chi connectivity index (χ4v) is 4.20. The molecule has 1 aliphatic carbocycles. The molecule has 2 aromatic carbocycles. The second-order valence-electron chi connectivity index (χ2n) is 7.70. The van der Waals surface area contributed by atoms with Crippen molar-refractivity contribution in [1.29, 1.82) is 0 Å². The van der Waals surface area contributed by atoms with E-state index in [1.165, 1.54) is 11.8 Å². The first-order chi connectivity index (χ1) is 16.0. The lowest BCUT2D eigenvalue weighted by Gasteiger charge is -2.22. The lowest BCUT2D eigenvalue weighted by atomic mass is 10.2. The molecule has 0 N–H and O–H groups in total. The monoisotopic (exact) mass is 467 g/mol. The minimum Gasteiger partial charge on any atom is -0.497 e. The highest BCUT2D eigenvalue weighted by atomic mass is 32.2. The SMILES string of the molecule is COc1ccc(CN(C(=O)COC(=O)c2ccccc2SCc2nc(C)no2)C2CC2)cc1. The molecule has 0 atom stereocenters. The number of nitrogens with zero attached hydrogens (tertiary/aromatic N) is 3. The third-order valence-electron chi connectivity index (χ3n) is 5.17. The van der Waals surface area contributed by atoms with Gasteiger partial charge in [0.05, 0.1) is 18.4 Å². The summed E-state index contributed by atoms with van der Waals surface area (Å²) in [4.78, 5) is 32.3. The number of aryl methyl sites for hydroxylation is 1. The number of benzene rings is 2. The van der Waals surface area contributed by atoms with Crippen molar-refractivity contribution in [3.05, 3.63) is 71.4 Å². The van der Waals surface area contributed by atoms with Gasteiger partial charge in [0.2, 0.25) is 5.89 Å². The van der Waals surface area contributed by atoms with Crippen LogP contribution in [0, 0.1) is 6.92 Å². The summed E-state index contributed by atoms with van der Waals surface area (Å²) in [6.45, 7) is 1.92. The number of aromatic nitrogens is 2. The fourth-order valence-electron chi connectivity index (χ4n) is 3.32. The van der Waals surface area contributed by atoms with Gasteiger partial charge in [0, 0.05) is 17.5 Å². The molecule has 1 aromatic heterocycles. The van der Waals surface area contributed by atoms with Gasteiger partial charge in [-0.2, -0.15) is 4.98 Å². The number of hydrogen-bond acceptors (Lipinski definition) is 8. The Kier molecular flexibility index (Phi) is 7.29. The van der Waals surface area contributed by atoms with Gasteiger partial charge in [-0.3, -0.25) is 4.79 Å². The van der Waals surface area contributed by atoms with E-state index in [2.05, 4.69) is 10.1 Å². The Labute approximate surface area is 196 Å². The highest BCUT2D eigenvalue weighted by molar-refractivity contribution is 7.98. The maximum atomic E-state index is 12.9. The van der Waals surface area contributed by atoms with Gasteiger partial charge < -0.3 is 18.9 Å². The van der Waals surface area contributed by atoms with Gasteiger partial charge in [-0.15, -0.1) is 11.8 Å². The number of thioether (sulfide) groups is 1. The van der Waals surface area contributed by atoms with Gasteiger partial charge in [0.15, 0.2) is 12.4 Å². The topological polar surface area (TPSA) is 94.8 Å². The van der Waals surface area contributed by atoms with Crippen molar-refractivity contribution in [2.24, 2.45) is 0 Å². The van der Waals surface area contributed by atoms with Crippen LogP contribution in [0.3, 0.4) is 0 Å². The van der Waals surface area contributed by atoms with Crippen LogP contribution < -0.4 is 4.74 Å². The number of methoxy groups -OCH3 is 1. The predicted octanol–water partition coefficient (Wildman–Crippen LogP) is 4.03. The first-order valence-electron chi connectivity index (χ1n) is 10.6. The number of esters is 1. The molecule has 1 aliphatic rings. The van der Waals surface area contributed by atoms with Crippen molar-refractivity contribution < 1.29 is 23.6 Å². The molecule has 172 valence electrons. The van der Waals surface area contributed by atoms with Gasteiger partial charge in [0.25, 0.3) is 5.91 Å². The van der Waals surface area contributed by atoms with Crippen LogP contribution in [-0.4, -0.2) is 46.7 Å². The minimum absolute atomic E-state index is 0.194. The third-order valence-corrected chi connectivity index (χ3v) is 6.23. The standard InChI is InChI=1S/C24H25N3O5S/c1-16-25-22(32-26-16)15-33-21-6-4-3-5-20(21)24(29)31-14-23(28)27(18-9-10-18)13-17-7-11-19(30-2)12-8-17/h3-8,11-12,18H,9-10,13-15H2,1-2H3. The molecule has 0 spiro atoms. The van der Waals surface area contributed by atoms with Gasteiger partial charge in [-0.1, -0.05) is 29.4 Å². The first kappa shape index (κ1) is 22.8. The van der Waals surface area contributed by atoms with Crippen LogP contribution in [0.2, 0.25) is 0 Å². The van der Waals surface area contributed by atoms with E-state index in [1.807, 2.05) is 36.4 Å². The van der Waals surface area contributed by atoms with Gasteiger partial charge >= 0.3 is 5.97 Å². The average Bonchev–Trinajstić information content (AvgIpc) is 3.60. The maximum absolute atomic E-state index is 12.9. The largest absolute Gasteiger partial charge is 0.497 e. The summed E-state index contributed by atoms with van der Waals surface area (Å²) in [6, 6.07) is 14.9. The van der Waals surface area contributed by atoms with Crippen molar-refractivity contribution >= 4 is 23.6 Å². The van der Waals surface area contributed by atoms with Crippen LogP contribution in [0.5, 0.6) is 5.75 Å². The molecular formula is C24H25N3O5S. The van der Waals surface area contributed by atoms with Crippen LogP contribution >= 0.6 is 11.8 Å². The van der Waals surface area contributed by atoms with Crippen LogP contribution in [0.4, 0.5) is 0 Å². The molecule has 0 radical (unpaired) electrons. The van der Waals surface area contributed by atoms with E-state index in [9.17, 15) is 9.59 Å². The van der Waals surface area contributed by atoms with Crippen LogP contribution in [0.15, 0.2) is 57.9 Å². The van der Waals surface area contributed by atoms with E-state index < -0.39 is 5.97 Å². The number of amides is 1. The van der Waals surface area contributed by atoms with E-state index >= 15 is 0 Å². The summed E-state index contributed by atoms with van der Waals surface area (Å²) in [5.74, 6) is 1.51. The Hall–Kier alpha value is -3.33. The average molecular weight is 468 g/mol. The van der Waals surface area contributed by atoms with E-state index in [-0.39, 0.29) is 18.6 Å². The molecule has 0 saturated heterocycles. The lowest BCUT2D eigenvalue weighted by molar-refractivity contribution is -0.135. The predicted molar refractivity (Wildman–Crippen MR) is 122 cm³/mol. The highest BCUT2D eigenvalue weighted by Gasteiger charge is 2.33. The molecule has 4 rings (SSSR count). The lowest BCUT2D eigenvalue weighted by Crippen LogP contribution is -2.36. The molecule has 0 unspecified atom stereocenters. The zero-order chi connectivity index (χ0) is 23.2. The summed E-state index contributed by atoms with van der Waals surface area (Å²) < 4.78 is 15.7. The second-order valence-corrected chi connectivity index (χ2v) is 8.71. The molecule has 33 heavy (non-hydrogen) atoms. The van der Waals surface area contributed by atoms with Crippen molar-refractivity contribution in [2.45, 2.75) is 43.0 Å². The molecule has 1 fully saturated rings. The van der Waals surface area contributed by atoms with Gasteiger partial charge in [-0.05, 0) is 49.6 Å². The summed E-state index contributed by atoms with van der Waals surface area (Å²) in [5.41, 5.74) is 1.40. The quantitative estimate of drug-likeness (QED) is 0.326. The third kappa shape index (κ3) is 6.13. The Balaban J connectivity index is 1.35. The summed E-state index contributed by atoms with van der Waals surface area (Å²) in [5, 5.41) is 3.77. The molecule has 8 nitrogen and oxygen atoms in total. The minimum atomic E-state index is -0.534. The molecule has 1 amide bonds. The van der Waals surface area contributed by atoms with E-state index in [4.69, 9.17) is 14.0 Å². The molecule has 3 aromatic rings. The molecular weight excluding hydrogens is 442 g/mol. The number of hydrogen-bond donors (Lipinski definition) is 0. The summed E-state index contributed by atoms with van der Waals surface area (Å²) in [7, 11) is 1.62. The Morgan fingerprint density at radius 1 is 1.15 bits per heavy atom. The zero-order valence-electron chi connectivity index (χ0n) is 18.5. The van der Waals surface area contributed by atoms with E-state index in [0.717, 1.165) is 29.1 Å². The molecule has 9 heteroatoms. The highest BCUT2D eigenvalue weighted by Crippen LogP contribution is 2.29. The van der Waals surface area contributed by atoms with Crippen molar-refractivity contribution in [2.75, 3.05) is 13.7 Å². The Morgan fingerprint density at radius 3 is 2.58 bits per heavy atom. The van der Waals surface area contributed by atoms with Crippen LogP contribution in [0.25, 0.3) is 0 Å². The van der Waals surface area contributed by atoms with E-state index in [1.54, 1.807) is 31.1 Å². The Bertz CT molecular complexity index is 1110. The molecule has 0 bridgehead atoms. The van der Waals surface area contributed by atoms with Gasteiger partial charge in [0.1, 0.15) is 5.75 Å². The number of ether oxygens (including phenoxy) is 2. The van der Waals surface area contributed by atoms with Crippen molar-refractivity contribution in [1.82, 2.24) is 15.0 Å². The fraction of sp³-hybridized carbons (Fsp3) is 0.333. The van der Waals surface area contributed by atoms with Crippen LogP contribution in [0.1, 0.15) is 40.5 Å². The zero-order valence-corrected chi connectivity index (χ0v) is 19.3. The first-order valence-corrected chi connectivity index (χ1v) is 11.6. The number of rotatable bonds is 10. The normalized spacial score (nSPS) is 12.9. The number of carbonyl (C=O) groups is 2. The maximum Gasteiger partial charge on any atom is 0.339 e. The molecule has 0 aliphatic heterocycles. The molecule has 1 saturated carbocycles. The molecule has 1 heterocycles. The Morgan fingerprint density at radius 2 is 1.91 bits per heavy atom. The summed E-state index contributed by atoms with van der Waals surface area (Å²) >= 11 is 1.40. The van der Waals surface area contributed by atoms with Crippen molar-refractivity contribution in [3.63, 3.8) is 0 Å². The van der Waals surface area contributed by atoms with Crippen LogP contribution in [-0.2, 0) is 21.8 Å². The number of carbonyl (C=O) groups excluding carboxylic acids is 2. The van der Waals surface area contributed by atoms with Gasteiger partial charge in [-0.25, -0.2) is 4.79 Å². The van der Waals surface area contributed by atoms with E-state index in [0.29, 0.717) is 29.6 Å².